The van der Waals surface area contributed by atoms with Gasteiger partial charge in [-0.3, -0.25) is 14.6 Å². The number of nitrogens with zero attached hydrogens (tertiary/aromatic N) is 2. The summed E-state index contributed by atoms with van der Waals surface area (Å²) in [6, 6.07) is 16.3. The number of rotatable bonds is 4. The maximum atomic E-state index is 13.2. The summed E-state index contributed by atoms with van der Waals surface area (Å²) in [5.74, 6) is 1.95. The minimum absolute atomic E-state index is 0.117. The molecule has 0 radical (unpaired) electrons. The van der Waals surface area contributed by atoms with Gasteiger partial charge in [-0.1, -0.05) is 42.8 Å². The van der Waals surface area contributed by atoms with Crippen LogP contribution in [0, 0.1) is 12.3 Å². The summed E-state index contributed by atoms with van der Waals surface area (Å²) < 4.78 is 0. The fourth-order valence-corrected chi connectivity index (χ4v) is 3.70. The van der Waals surface area contributed by atoms with Crippen molar-refractivity contribution in [1.29, 1.82) is 0 Å². The van der Waals surface area contributed by atoms with Gasteiger partial charge in [0.2, 0.25) is 11.8 Å². The lowest BCUT2D eigenvalue weighted by atomic mass is 9.81. The topological polar surface area (TPSA) is 62.3 Å². The molecule has 1 fully saturated rings. The van der Waals surface area contributed by atoms with Crippen molar-refractivity contribution in [2.24, 2.45) is 0 Å². The smallest absolute Gasteiger partial charge is 0.247 e. The van der Waals surface area contributed by atoms with E-state index < -0.39 is 6.04 Å². The van der Waals surface area contributed by atoms with E-state index in [-0.39, 0.29) is 17.7 Å². The highest BCUT2D eigenvalue weighted by Gasteiger charge is 2.46. The Morgan fingerprint density at radius 1 is 1.17 bits per heavy atom. The first-order valence-corrected chi connectivity index (χ1v) is 9.26. The Bertz CT molecular complexity index is 1140. The minimum atomic E-state index is -0.629. The van der Waals surface area contributed by atoms with Gasteiger partial charge in [-0.05, 0) is 35.9 Å². The van der Waals surface area contributed by atoms with Gasteiger partial charge in [0.25, 0.3) is 0 Å². The molecule has 2 aromatic carbocycles. The Kier molecular flexibility index (Phi) is 4.84. The van der Waals surface area contributed by atoms with Crippen LogP contribution in [-0.4, -0.2) is 34.3 Å². The van der Waals surface area contributed by atoms with E-state index in [2.05, 4.69) is 22.8 Å². The van der Waals surface area contributed by atoms with E-state index in [1.165, 1.54) is 11.0 Å². The van der Waals surface area contributed by atoms with Gasteiger partial charge in [0.05, 0.1) is 11.2 Å². The molecule has 1 saturated heterocycles. The Morgan fingerprint density at radius 3 is 2.66 bits per heavy atom. The van der Waals surface area contributed by atoms with E-state index in [4.69, 9.17) is 6.42 Å². The Labute approximate surface area is 169 Å². The number of amides is 2. The molecule has 1 N–H and O–H groups in total. The second kappa shape index (κ2) is 7.61. The summed E-state index contributed by atoms with van der Waals surface area (Å²) in [6.07, 6.45) is 8.34. The molecule has 1 aliphatic rings. The predicted molar refractivity (Wildman–Crippen MR) is 113 cm³/mol. The molecule has 4 rings (SSSR count). The van der Waals surface area contributed by atoms with Crippen LogP contribution in [0.15, 0.2) is 73.4 Å². The fraction of sp³-hybridized carbons (Fsp3) is 0.125. The van der Waals surface area contributed by atoms with Crippen molar-refractivity contribution < 1.29 is 9.59 Å². The molecule has 1 aromatic heterocycles. The second-order valence-corrected chi connectivity index (χ2v) is 6.88. The predicted octanol–water partition coefficient (Wildman–Crippen LogP) is 3.34. The Hall–Kier alpha value is -3.91. The standard InChI is InChI=1S/C24H19N3O2/c1-3-16-10-12-17(13-11-16)19-15-27(21(28)4-2)23(19)24(29)26-20-9-5-7-18-8-6-14-25-22(18)20/h1,4-14,19,23H,2,15H2,(H,26,29). The highest BCUT2D eigenvalue weighted by molar-refractivity contribution is 6.05. The molecule has 5 heteroatoms. The van der Waals surface area contributed by atoms with Crippen LogP contribution in [0.4, 0.5) is 5.69 Å². The lowest BCUT2D eigenvalue weighted by Crippen LogP contribution is -2.61. The zero-order chi connectivity index (χ0) is 20.4. The van der Waals surface area contributed by atoms with Crippen LogP contribution in [0.25, 0.3) is 10.9 Å². The molecule has 2 amide bonds. The van der Waals surface area contributed by atoms with Gasteiger partial charge < -0.3 is 10.2 Å². The van der Waals surface area contributed by atoms with Crippen LogP contribution in [0.1, 0.15) is 17.0 Å². The highest BCUT2D eigenvalue weighted by atomic mass is 16.2. The molecule has 0 aliphatic carbocycles. The third-order valence-corrected chi connectivity index (χ3v) is 5.23. The number of benzene rings is 2. The number of fused-ring (bicyclic) bond motifs is 1. The zero-order valence-electron chi connectivity index (χ0n) is 15.7. The molecule has 5 nitrogen and oxygen atoms in total. The number of nitrogens with one attached hydrogen (secondary N) is 1. The third kappa shape index (κ3) is 3.37. The molecule has 0 spiro atoms. The maximum Gasteiger partial charge on any atom is 0.247 e. The number of pyridine rings is 1. The van der Waals surface area contributed by atoms with Gasteiger partial charge in [0, 0.05) is 29.6 Å². The average molecular weight is 381 g/mol. The summed E-state index contributed by atoms with van der Waals surface area (Å²) >= 11 is 0. The van der Waals surface area contributed by atoms with Gasteiger partial charge in [-0.2, -0.15) is 0 Å². The van der Waals surface area contributed by atoms with E-state index >= 15 is 0 Å². The Morgan fingerprint density at radius 2 is 1.93 bits per heavy atom. The molecule has 29 heavy (non-hydrogen) atoms. The van der Waals surface area contributed by atoms with E-state index in [9.17, 15) is 9.59 Å². The first kappa shape index (κ1) is 18.5. The van der Waals surface area contributed by atoms with Gasteiger partial charge in [-0.15, -0.1) is 6.42 Å². The third-order valence-electron chi connectivity index (χ3n) is 5.23. The molecular weight excluding hydrogens is 362 g/mol. The number of likely N-dealkylation sites (tertiary alicyclic amines) is 1. The van der Waals surface area contributed by atoms with Crippen molar-refractivity contribution >= 4 is 28.4 Å². The fourth-order valence-electron chi connectivity index (χ4n) is 3.70. The number of terminal acetylenes is 1. The normalized spacial score (nSPS) is 17.8. The first-order valence-electron chi connectivity index (χ1n) is 9.26. The minimum Gasteiger partial charge on any atom is -0.326 e. The van der Waals surface area contributed by atoms with Crippen LogP contribution in [-0.2, 0) is 9.59 Å². The molecule has 0 saturated carbocycles. The molecule has 0 bridgehead atoms. The molecule has 3 aromatic rings. The zero-order valence-corrected chi connectivity index (χ0v) is 15.7. The number of aromatic nitrogens is 1. The molecule has 2 heterocycles. The quantitative estimate of drug-likeness (QED) is 0.557. The number of anilines is 1. The SMILES string of the molecule is C#Cc1ccc(C2CN(C(=O)C=C)C2C(=O)Nc2cccc3cccnc23)cc1. The largest absolute Gasteiger partial charge is 0.326 e. The number of para-hydroxylation sites is 1. The van der Waals surface area contributed by atoms with Crippen LogP contribution in [0.2, 0.25) is 0 Å². The monoisotopic (exact) mass is 381 g/mol. The van der Waals surface area contributed by atoms with Gasteiger partial charge in [0.15, 0.2) is 0 Å². The van der Waals surface area contributed by atoms with Crippen molar-refractivity contribution in [3.05, 3.63) is 84.6 Å². The summed E-state index contributed by atoms with van der Waals surface area (Å²) in [6.45, 7) is 4.00. The van der Waals surface area contributed by atoms with Crippen molar-refractivity contribution in [2.75, 3.05) is 11.9 Å². The van der Waals surface area contributed by atoms with Gasteiger partial charge in [0.1, 0.15) is 6.04 Å². The number of carbonyl (C=O) groups is 2. The number of hydrogen-bond acceptors (Lipinski definition) is 3. The molecular formula is C24H19N3O2. The van der Waals surface area contributed by atoms with E-state index in [1.807, 2.05) is 54.6 Å². The summed E-state index contributed by atoms with van der Waals surface area (Å²) in [5, 5.41) is 3.89. The van der Waals surface area contributed by atoms with Crippen molar-refractivity contribution in [3.63, 3.8) is 0 Å². The van der Waals surface area contributed by atoms with Crippen LogP contribution in [0.3, 0.4) is 0 Å². The van der Waals surface area contributed by atoms with Gasteiger partial charge in [-0.25, -0.2) is 0 Å². The average Bonchev–Trinajstić information content (AvgIpc) is 2.73. The van der Waals surface area contributed by atoms with Crippen LogP contribution in [0.5, 0.6) is 0 Å². The number of carbonyl (C=O) groups excluding carboxylic acids is 2. The first-order chi connectivity index (χ1) is 14.1. The van der Waals surface area contributed by atoms with E-state index in [1.54, 1.807) is 6.20 Å². The summed E-state index contributed by atoms with van der Waals surface area (Å²) in [7, 11) is 0. The maximum absolute atomic E-state index is 13.2. The molecule has 1 aliphatic heterocycles. The molecule has 142 valence electrons. The molecule has 2 unspecified atom stereocenters. The van der Waals surface area contributed by atoms with E-state index in [0.717, 1.165) is 16.5 Å². The summed E-state index contributed by atoms with van der Waals surface area (Å²) in [5.41, 5.74) is 3.06. The van der Waals surface area contributed by atoms with Crippen LogP contribution >= 0.6 is 0 Å². The van der Waals surface area contributed by atoms with Crippen molar-refractivity contribution in [1.82, 2.24) is 9.88 Å². The van der Waals surface area contributed by atoms with E-state index in [0.29, 0.717) is 17.7 Å². The number of hydrogen-bond donors (Lipinski definition) is 1. The van der Waals surface area contributed by atoms with Gasteiger partial charge >= 0.3 is 0 Å². The van der Waals surface area contributed by atoms with Crippen LogP contribution < -0.4 is 5.32 Å². The van der Waals surface area contributed by atoms with Crippen molar-refractivity contribution in [3.8, 4) is 12.3 Å². The molecule has 2 atom stereocenters. The Balaban J connectivity index is 1.63. The second-order valence-electron chi connectivity index (χ2n) is 6.88. The highest BCUT2D eigenvalue weighted by Crippen LogP contribution is 2.36. The van der Waals surface area contributed by atoms with Crippen molar-refractivity contribution in [2.45, 2.75) is 12.0 Å². The summed E-state index contributed by atoms with van der Waals surface area (Å²) in [4.78, 5) is 31.3. The lowest BCUT2D eigenvalue weighted by Gasteiger charge is -2.46. The lowest BCUT2D eigenvalue weighted by molar-refractivity contribution is -0.143.